The summed E-state index contributed by atoms with van der Waals surface area (Å²) >= 11 is 0. The van der Waals surface area contributed by atoms with Gasteiger partial charge in [-0.1, -0.05) is 36.4 Å². The summed E-state index contributed by atoms with van der Waals surface area (Å²) in [5, 5.41) is 11.5. The Labute approximate surface area is 224 Å². The molecule has 1 aliphatic heterocycles. The van der Waals surface area contributed by atoms with Gasteiger partial charge in [0, 0.05) is 55.3 Å². The molecule has 2 unspecified atom stereocenters. The molecule has 1 aliphatic rings. The molecule has 4 rings (SSSR count). The van der Waals surface area contributed by atoms with Gasteiger partial charge in [-0.3, -0.25) is 19.8 Å². The van der Waals surface area contributed by atoms with Crippen molar-refractivity contribution in [2.24, 2.45) is 5.92 Å². The molecule has 3 aromatic rings. The number of nitro groups is 1. The third-order valence-corrected chi connectivity index (χ3v) is 7.15. The number of amides is 1. The number of nitro benzene ring substituents is 1. The summed E-state index contributed by atoms with van der Waals surface area (Å²) in [6.45, 7) is 4.99. The molecule has 1 amide bonds. The first-order valence-corrected chi connectivity index (χ1v) is 12.6. The van der Waals surface area contributed by atoms with Crippen molar-refractivity contribution in [1.29, 1.82) is 0 Å². The van der Waals surface area contributed by atoms with Crippen molar-refractivity contribution < 1.29 is 27.3 Å². The van der Waals surface area contributed by atoms with Gasteiger partial charge in [-0.2, -0.15) is 13.2 Å². The molecule has 6 nitrogen and oxygen atoms in total. The van der Waals surface area contributed by atoms with Crippen LogP contribution in [0.2, 0.25) is 0 Å². The van der Waals surface area contributed by atoms with Crippen LogP contribution in [0, 0.1) is 21.8 Å². The SMILES string of the molecule is CC(C)N(CC1CN(Cc2ccccc2[N+](=O)[O-])CC1c1cccc(C(F)(F)F)c1)C(=O)c1ccc(F)cc1. The van der Waals surface area contributed by atoms with Crippen LogP contribution >= 0.6 is 0 Å². The Morgan fingerprint density at radius 3 is 2.38 bits per heavy atom. The van der Waals surface area contributed by atoms with Gasteiger partial charge in [0.15, 0.2) is 0 Å². The quantitative estimate of drug-likeness (QED) is 0.184. The molecule has 0 saturated carbocycles. The molecule has 0 radical (unpaired) electrons. The Balaban J connectivity index is 1.65. The second-order valence-electron chi connectivity index (χ2n) is 10.1. The lowest BCUT2D eigenvalue weighted by atomic mass is 9.87. The van der Waals surface area contributed by atoms with Gasteiger partial charge in [0.25, 0.3) is 11.6 Å². The van der Waals surface area contributed by atoms with Crippen LogP contribution in [0.5, 0.6) is 0 Å². The monoisotopic (exact) mass is 543 g/mol. The zero-order chi connectivity index (χ0) is 28.3. The number of para-hydroxylation sites is 1. The van der Waals surface area contributed by atoms with E-state index in [2.05, 4.69) is 0 Å². The molecule has 2 atom stereocenters. The van der Waals surface area contributed by atoms with Crippen LogP contribution in [0.4, 0.5) is 23.2 Å². The third kappa shape index (κ3) is 6.62. The second-order valence-corrected chi connectivity index (χ2v) is 10.1. The fourth-order valence-electron chi connectivity index (χ4n) is 5.20. The van der Waals surface area contributed by atoms with Gasteiger partial charge < -0.3 is 4.90 Å². The van der Waals surface area contributed by atoms with Crippen molar-refractivity contribution >= 4 is 11.6 Å². The van der Waals surface area contributed by atoms with Gasteiger partial charge in [-0.05, 0) is 55.7 Å². The number of hydrogen-bond donors (Lipinski definition) is 0. The van der Waals surface area contributed by atoms with Gasteiger partial charge in [0.2, 0.25) is 0 Å². The Morgan fingerprint density at radius 2 is 1.74 bits per heavy atom. The topological polar surface area (TPSA) is 66.7 Å². The van der Waals surface area contributed by atoms with E-state index in [1.165, 1.54) is 36.4 Å². The lowest BCUT2D eigenvalue weighted by Gasteiger charge is -2.32. The highest BCUT2D eigenvalue weighted by Gasteiger charge is 2.38. The van der Waals surface area contributed by atoms with Gasteiger partial charge in [-0.15, -0.1) is 0 Å². The molecule has 1 saturated heterocycles. The minimum Gasteiger partial charge on any atom is -0.336 e. The van der Waals surface area contributed by atoms with E-state index in [0.717, 1.165) is 12.1 Å². The molecule has 0 spiro atoms. The van der Waals surface area contributed by atoms with E-state index in [9.17, 15) is 32.5 Å². The first-order valence-electron chi connectivity index (χ1n) is 12.6. The summed E-state index contributed by atoms with van der Waals surface area (Å²) in [6, 6.07) is 16.6. The number of halogens is 4. The lowest BCUT2D eigenvalue weighted by molar-refractivity contribution is -0.385. The Hall–Kier alpha value is -3.79. The van der Waals surface area contributed by atoms with E-state index in [1.54, 1.807) is 29.2 Å². The number of carbonyl (C=O) groups excluding carboxylic acids is 1. The summed E-state index contributed by atoms with van der Waals surface area (Å²) in [6.07, 6.45) is -4.50. The van der Waals surface area contributed by atoms with E-state index >= 15 is 0 Å². The van der Waals surface area contributed by atoms with Crippen molar-refractivity contribution in [3.05, 3.63) is 111 Å². The van der Waals surface area contributed by atoms with Gasteiger partial charge >= 0.3 is 6.18 Å². The molecule has 0 bridgehead atoms. The zero-order valence-electron chi connectivity index (χ0n) is 21.6. The maximum Gasteiger partial charge on any atom is 0.416 e. The summed E-state index contributed by atoms with van der Waals surface area (Å²) in [5.41, 5.74) is 0.549. The van der Waals surface area contributed by atoms with E-state index in [-0.39, 0.29) is 42.6 Å². The van der Waals surface area contributed by atoms with E-state index in [0.29, 0.717) is 29.8 Å². The standard InChI is InChI=1S/C29H29F4N3O3/c1-19(2)35(28(37)20-10-12-25(30)13-11-20)17-23-16-34(15-22-6-3-4-9-27(22)36(38)39)18-26(23)21-7-5-8-24(14-21)29(31,32)33/h3-14,19,23,26H,15-18H2,1-2H3. The van der Waals surface area contributed by atoms with Crippen LogP contribution in [-0.4, -0.2) is 46.3 Å². The number of hydrogen-bond acceptors (Lipinski definition) is 4. The first kappa shape index (κ1) is 28.2. The summed E-state index contributed by atoms with van der Waals surface area (Å²) in [4.78, 5) is 28.1. The number of likely N-dealkylation sites (tertiary alicyclic amines) is 1. The van der Waals surface area contributed by atoms with Gasteiger partial charge in [0.05, 0.1) is 10.5 Å². The largest absolute Gasteiger partial charge is 0.416 e. The highest BCUT2D eigenvalue weighted by atomic mass is 19.4. The lowest BCUT2D eigenvalue weighted by Crippen LogP contribution is -2.42. The fourth-order valence-corrected chi connectivity index (χ4v) is 5.20. The van der Waals surface area contributed by atoms with Crippen LogP contribution in [0.3, 0.4) is 0 Å². The van der Waals surface area contributed by atoms with E-state index < -0.39 is 22.5 Å². The van der Waals surface area contributed by atoms with Crippen molar-refractivity contribution in [2.45, 2.75) is 38.5 Å². The molecule has 39 heavy (non-hydrogen) atoms. The van der Waals surface area contributed by atoms with Crippen LogP contribution in [0.1, 0.15) is 46.8 Å². The third-order valence-electron chi connectivity index (χ3n) is 7.15. The molecule has 1 fully saturated rings. The van der Waals surface area contributed by atoms with Gasteiger partial charge in [-0.25, -0.2) is 4.39 Å². The summed E-state index contributed by atoms with van der Waals surface area (Å²) in [7, 11) is 0. The Bertz CT molecular complexity index is 1330. The van der Waals surface area contributed by atoms with Crippen LogP contribution in [-0.2, 0) is 12.7 Å². The highest BCUT2D eigenvalue weighted by Crippen LogP contribution is 2.38. The summed E-state index contributed by atoms with van der Waals surface area (Å²) < 4.78 is 54.0. The van der Waals surface area contributed by atoms with Crippen LogP contribution in [0.25, 0.3) is 0 Å². The number of carbonyl (C=O) groups is 1. The molecular formula is C29H29F4N3O3. The number of rotatable bonds is 8. The second kappa shape index (κ2) is 11.5. The van der Waals surface area contributed by atoms with Crippen molar-refractivity contribution in [3.8, 4) is 0 Å². The maximum absolute atomic E-state index is 13.5. The predicted octanol–water partition coefficient (Wildman–Crippen LogP) is 6.52. The van der Waals surface area contributed by atoms with Crippen LogP contribution < -0.4 is 0 Å². The Kier molecular flexibility index (Phi) is 8.34. The van der Waals surface area contributed by atoms with Crippen molar-refractivity contribution in [1.82, 2.24) is 9.80 Å². The molecular weight excluding hydrogens is 514 g/mol. The van der Waals surface area contributed by atoms with E-state index in [1.807, 2.05) is 18.7 Å². The minimum atomic E-state index is -4.50. The molecule has 3 aromatic carbocycles. The average Bonchev–Trinajstić information content (AvgIpc) is 3.29. The number of benzene rings is 3. The van der Waals surface area contributed by atoms with E-state index in [4.69, 9.17) is 0 Å². The Morgan fingerprint density at radius 1 is 1.05 bits per heavy atom. The molecule has 0 aliphatic carbocycles. The molecule has 206 valence electrons. The van der Waals surface area contributed by atoms with Gasteiger partial charge in [0.1, 0.15) is 5.82 Å². The number of nitrogens with zero attached hydrogens (tertiary/aromatic N) is 3. The smallest absolute Gasteiger partial charge is 0.336 e. The predicted molar refractivity (Wildman–Crippen MR) is 139 cm³/mol. The highest BCUT2D eigenvalue weighted by molar-refractivity contribution is 5.94. The maximum atomic E-state index is 13.5. The number of alkyl halides is 3. The van der Waals surface area contributed by atoms with Crippen LogP contribution in [0.15, 0.2) is 72.8 Å². The minimum absolute atomic E-state index is 0.0214. The normalized spacial score (nSPS) is 17.9. The summed E-state index contributed by atoms with van der Waals surface area (Å²) in [5.74, 6) is -1.36. The molecule has 1 heterocycles. The van der Waals surface area contributed by atoms with Crippen molar-refractivity contribution in [3.63, 3.8) is 0 Å². The first-order chi connectivity index (χ1) is 18.4. The average molecular weight is 544 g/mol. The molecule has 0 aromatic heterocycles. The molecule has 10 heteroatoms. The zero-order valence-corrected chi connectivity index (χ0v) is 21.6. The van der Waals surface area contributed by atoms with Crippen molar-refractivity contribution in [2.75, 3.05) is 19.6 Å². The fraction of sp³-hybridized carbons (Fsp3) is 0.345. The molecule has 0 N–H and O–H groups in total.